The van der Waals surface area contributed by atoms with Crippen LogP contribution in [0.4, 0.5) is 0 Å². The number of benzene rings is 1. The fraction of sp³-hybridized carbons (Fsp3) is 0.357. The number of ether oxygens (including phenoxy) is 1. The minimum absolute atomic E-state index is 0.0303. The summed E-state index contributed by atoms with van der Waals surface area (Å²) in [5, 5.41) is 10.0. The van der Waals surface area contributed by atoms with E-state index in [-0.39, 0.29) is 6.61 Å². The summed E-state index contributed by atoms with van der Waals surface area (Å²) in [6.45, 7) is 0.0303. The van der Waals surface area contributed by atoms with E-state index in [9.17, 15) is 0 Å². The fourth-order valence-corrected chi connectivity index (χ4v) is 2.72. The molecule has 0 amide bonds. The van der Waals surface area contributed by atoms with Gasteiger partial charge in [0.25, 0.3) is 0 Å². The van der Waals surface area contributed by atoms with Gasteiger partial charge in [-0.15, -0.1) is 0 Å². The Morgan fingerprint density at radius 2 is 2.05 bits per heavy atom. The van der Waals surface area contributed by atoms with Gasteiger partial charge in [0.2, 0.25) is 0 Å². The van der Waals surface area contributed by atoms with E-state index in [0.717, 1.165) is 28.8 Å². The maximum Gasteiger partial charge on any atom is 0.167 e. The maximum absolute atomic E-state index is 9.10. The zero-order valence-corrected chi connectivity index (χ0v) is 12.0. The molecule has 0 unspecified atom stereocenters. The van der Waals surface area contributed by atoms with Crippen molar-refractivity contribution in [1.82, 2.24) is 9.55 Å². The molecule has 4 nitrogen and oxygen atoms in total. The third kappa shape index (κ3) is 3.52. The molecule has 0 fully saturated rings. The highest BCUT2D eigenvalue weighted by Gasteiger charge is 2.05. The van der Waals surface area contributed by atoms with Gasteiger partial charge in [-0.25, -0.2) is 4.98 Å². The van der Waals surface area contributed by atoms with Gasteiger partial charge < -0.3 is 14.4 Å². The molecule has 0 aliphatic rings. The first-order chi connectivity index (χ1) is 9.24. The number of methoxy groups -OCH3 is 1. The van der Waals surface area contributed by atoms with E-state index in [2.05, 4.69) is 17.1 Å². The van der Waals surface area contributed by atoms with Gasteiger partial charge in [0.1, 0.15) is 5.75 Å². The van der Waals surface area contributed by atoms with Gasteiger partial charge in [-0.2, -0.15) is 0 Å². The van der Waals surface area contributed by atoms with E-state index in [0.29, 0.717) is 0 Å². The van der Waals surface area contributed by atoms with Gasteiger partial charge in [-0.3, -0.25) is 0 Å². The number of aryl methyl sites for hydroxylation is 1. The van der Waals surface area contributed by atoms with E-state index in [1.54, 1.807) is 25.1 Å². The predicted octanol–water partition coefficient (Wildman–Crippen LogP) is 2.26. The number of thioether (sulfide) groups is 1. The second-order valence-corrected chi connectivity index (χ2v) is 5.26. The highest BCUT2D eigenvalue weighted by Crippen LogP contribution is 2.19. The average Bonchev–Trinajstić information content (AvgIpc) is 2.80. The van der Waals surface area contributed by atoms with E-state index in [4.69, 9.17) is 9.84 Å². The third-order valence-corrected chi connectivity index (χ3v) is 4.03. The maximum atomic E-state index is 9.10. The van der Waals surface area contributed by atoms with Crippen molar-refractivity contribution in [3.8, 4) is 5.75 Å². The molecule has 1 aromatic carbocycles. The van der Waals surface area contributed by atoms with Crippen LogP contribution in [0, 0.1) is 0 Å². The summed E-state index contributed by atoms with van der Waals surface area (Å²) in [7, 11) is 3.60. The molecule has 1 aromatic heterocycles. The Hall–Kier alpha value is -1.46. The highest BCUT2D eigenvalue weighted by molar-refractivity contribution is 7.99. The second kappa shape index (κ2) is 6.63. The minimum atomic E-state index is 0.0303. The number of aliphatic hydroxyl groups is 1. The van der Waals surface area contributed by atoms with Crippen LogP contribution < -0.4 is 4.74 Å². The zero-order chi connectivity index (χ0) is 13.7. The predicted molar refractivity (Wildman–Crippen MR) is 76.6 cm³/mol. The molecule has 0 radical (unpaired) electrons. The molecule has 1 N–H and O–H groups in total. The van der Waals surface area contributed by atoms with Crippen molar-refractivity contribution in [3.05, 3.63) is 41.7 Å². The zero-order valence-electron chi connectivity index (χ0n) is 11.2. The van der Waals surface area contributed by atoms with Gasteiger partial charge in [0, 0.05) is 12.8 Å². The minimum Gasteiger partial charge on any atom is -0.497 e. The van der Waals surface area contributed by atoms with Gasteiger partial charge in [0.15, 0.2) is 5.16 Å². The molecule has 19 heavy (non-hydrogen) atoms. The van der Waals surface area contributed by atoms with Crippen LogP contribution in [0.5, 0.6) is 5.75 Å². The van der Waals surface area contributed by atoms with E-state index in [1.807, 2.05) is 23.7 Å². The molecule has 0 aliphatic heterocycles. The molecule has 102 valence electrons. The Morgan fingerprint density at radius 1 is 1.32 bits per heavy atom. The van der Waals surface area contributed by atoms with Crippen LogP contribution in [0.15, 0.2) is 35.6 Å². The lowest BCUT2D eigenvalue weighted by atomic mass is 10.2. The monoisotopic (exact) mass is 278 g/mol. The van der Waals surface area contributed by atoms with Crippen LogP contribution in [0.25, 0.3) is 0 Å². The first-order valence-corrected chi connectivity index (χ1v) is 7.10. The lowest BCUT2D eigenvalue weighted by Gasteiger charge is -2.05. The smallest absolute Gasteiger partial charge is 0.167 e. The molecule has 0 saturated heterocycles. The molecule has 2 aromatic rings. The first kappa shape index (κ1) is 14.0. The summed E-state index contributed by atoms with van der Waals surface area (Å²) in [5.41, 5.74) is 2.12. The van der Waals surface area contributed by atoms with Crippen molar-refractivity contribution in [2.24, 2.45) is 7.05 Å². The van der Waals surface area contributed by atoms with Gasteiger partial charge in [-0.1, -0.05) is 23.9 Å². The fourth-order valence-electron chi connectivity index (χ4n) is 1.76. The number of aliphatic hydroxyl groups excluding tert-OH is 1. The Bertz CT molecular complexity index is 523. The molecular weight excluding hydrogens is 260 g/mol. The summed E-state index contributed by atoms with van der Waals surface area (Å²) in [4.78, 5) is 4.29. The standard InChI is InChI=1S/C14H18N2O2S/c1-16-12(10-17)9-15-14(16)19-8-7-11-3-5-13(18-2)6-4-11/h3-6,9,17H,7-8,10H2,1-2H3. The number of hydrogen-bond donors (Lipinski definition) is 1. The van der Waals surface area contributed by atoms with Crippen LogP contribution in [-0.2, 0) is 20.1 Å². The Labute approximate surface area is 117 Å². The molecular formula is C14H18N2O2S. The number of hydrogen-bond acceptors (Lipinski definition) is 4. The van der Waals surface area contributed by atoms with Gasteiger partial charge in [-0.05, 0) is 24.1 Å². The quantitative estimate of drug-likeness (QED) is 0.823. The first-order valence-electron chi connectivity index (χ1n) is 6.11. The normalized spacial score (nSPS) is 10.7. The Morgan fingerprint density at radius 3 is 2.63 bits per heavy atom. The largest absolute Gasteiger partial charge is 0.497 e. The average molecular weight is 278 g/mol. The molecule has 0 aliphatic carbocycles. The third-order valence-electron chi connectivity index (χ3n) is 2.98. The van der Waals surface area contributed by atoms with Crippen molar-refractivity contribution in [1.29, 1.82) is 0 Å². The van der Waals surface area contributed by atoms with E-state index >= 15 is 0 Å². The van der Waals surface area contributed by atoms with Crippen LogP contribution in [-0.4, -0.2) is 27.5 Å². The second-order valence-electron chi connectivity index (χ2n) is 4.20. The number of aromatic nitrogens is 2. The number of nitrogens with zero attached hydrogens (tertiary/aromatic N) is 2. The lowest BCUT2D eigenvalue weighted by Crippen LogP contribution is -1.98. The molecule has 0 saturated carbocycles. The number of rotatable bonds is 6. The molecule has 0 bridgehead atoms. The van der Waals surface area contributed by atoms with Crippen molar-refractivity contribution in [2.75, 3.05) is 12.9 Å². The molecule has 0 atom stereocenters. The molecule has 5 heteroatoms. The Balaban J connectivity index is 1.87. The van der Waals surface area contributed by atoms with Crippen LogP contribution in [0.1, 0.15) is 11.3 Å². The Kier molecular flexibility index (Phi) is 4.87. The summed E-state index contributed by atoms with van der Waals surface area (Å²) in [6.07, 6.45) is 2.70. The van der Waals surface area contributed by atoms with Crippen LogP contribution in [0.2, 0.25) is 0 Å². The number of imidazole rings is 1. The SMILES string of the molecule is COc1ccc(CCSc2ncc(CO)n2C)cc1. The topological polar surface area (TPSA) is 47.3 Å². The molecule has 0 spiro atoms. The van der Waals surface area contributed by atoms with E-state index in [1.165, 1.54) is 5.56 Å². The van der Waals surface area contributed by atoms with Crippen molar-refractivity contribution >= 4 is 11.8 Å². The summed E-state index contributed by atoms with van der Waals surface area (Å²) in [5.74, 6) is 1.84. The van der Waals surface area contributed by atoms with Crippen molar-refractivity contribution < 1.29 is 9.84 Å². The van der Waals surface area contributed by atoms with Crippen molar-refractivity contribution in [3.63, 3.8) is 0 Å². The van der Waals surface area contributed by atoms with Crippen LogP contribution in [0.3, 0.4) is 0 Å². The summed E-state index contributed by atoms with van der Waals surface area (Å²) >= 11 is 1.70. The van der Waals surface area contributed by atoms with E-state index < -0.39 is 0 Å². The van der Waals surface area contributed by atoms with Gasteiger partial charge in [0.05, 0.1) is 25.6 Å². The lowest BCUT2D eigenvalue weighted by molar-refractivity contribution is 0.271. The summed E-state index contributed by atoms with van der Waals surface area (Å²) in [6, 6.07) is 8.11. The van der Waals surface area contributed by atoms with Crippen LogP contribution >= 0.6 is 11.8 Å². The molecule has 2 rings (SSSR count). The van der Waals surface area contributed by atoms with Crippen molar-refractivity contribution in [2.45, 2.75) is 18.2 Å². The van der Waals surface area contributed by atoms with Gasteiger partial charge >= 0.3 is 0 Å². The highest BCUT2D eigenvalue weighted by atomic mass is 32.2. The molecule has 1 heterocycles. The summed E-state index contributed by atoms with van der Waals surface area (Å²) < 4.78 is 7.06.